The van der Waals surface area contributed by atoms with Crippen molar-refractivity contribution in [2.75, 3.05) is 6.54 Å². The van der Waals surface area contributed by atoms with Crippen molar-refractivity contribution in [3.05, 3.63) is 21.9 Å². The summed E-state index contributed by atoms with van der Waals surface area (Å²) in [6.45, 7) is 4.05. The van der Waals surface area contributed by atoms with E-state index in [0.717, 1.165) is 11.1 Å². The van der Waals surface area contributed by atoms with E-state index < -0.39 is 15.3 Å². The number of sulfonamides is 1. The van der Waals surface area contributed by atoms with Gasteiger partial charge in [-0.1, -0.05) is 0 Å². The molecule has 0 aliphatic carbocycles. The van der Waals surface area contributed by atoms with Crippen LogP contribution in [0.25, 0.3) is 0 Å². The minimum atomic E-state index is -3.27. The number of hydrogen-bond donors (Lipinski definition) is 2. The number of nitrogens with two attached hydrogens (primary N) is 1. The summed E-state index contributed by atoms with van der Waals surface area (Å²) in [4.78, 5) is 0. The SMILES string of the molecule is Cc1cscc1CNS(=O)(=O)C(C)CN. The quantitative estimate of drug-likeness (QED) is 0.810. The number of thiophene rings is 1. The summed E-state index contributed by atoms with van der Waals surface area (Å²) in [6.07, 6.45) is 0. The Morgan fingerprint density at radius 1 is 1.53 bits per heavy atom. The van der Waals surface area contributed by atoms with Gasteiger partial charge in [-0.15, -0.1) is 0 Å². The molecule has 0 aromatic carbocycles. The largest absolute Gasteiger partial charge is 0.329 e. The fourth-order valence-corrected chi connectivity index (χ4v) is 2.77. The van der Waals surface area contributed by atoms with Crippen molar-refractivity contribution in [1.82, 2.24) is 4.72 Å². The Bertz CT molecular complexity index is 412. The lowest BCUT2D eigenvalue weighted by Gasteiger charge is -2.11. The maximum absolute atomic E-state index is 11.6. The van der Waals surface area contributed by atoms with Gasteiger partial charge < -0.3 is 5.73 Å². The first kappa shape index (κ1) is 12.6. The van der Waals surface area contributed by atoms with E-state index in [-0.39, 0.29) is 6.54 Å². The van der Waals surface area contributed by atoms with E-state index in [9.17, 15) is 8.42 Å². The van der Waals surface area contributed by atoms with Gasteiger partial charge in [-0.3, -0.25) is 0 Å². The van der Waals surface area contributed by atoms with Crippen molar-refractivity contribution in [3.8, 4) is 0 Å². The molecule has 0 saturated carbocycles. The Balaban J connectivity index is 2.62. The van der Waals surface area contributed by atoms with Gasteiger partial charge in [0, 0.05) is 13.1 Å². The van der Waals surface area contributed by atoms with E-state index in [4.69, 9.17) is 5.73 Å². The zero-order chi connectivity index (χ0) is 11.5. The Hall–Kier alpha value is -0.430. The maximum Gasteiger partial charge on any atom is 0.215 e. The van der Waals surface area contributed by atoms with Gasteiger partial charge in [0.15, 0.2) is 0 Å². The third-order valence-electron chi connectivity index (χ3n) is 2.29. The fraction of sp³-hybridized carbons (Fsp3) is 0.556. The lowest BCUT2D eigenvalue weighted by Crippen LogP contribution is -2.36. The molecule has 0 bridgehead atoms. The number of aryl methyl sites for hydroxylation is 1. The molecule has 3 N–H and O–H groups in total. The van der Waals surface area contributed by atoms with E-state index in [2.05, 4.69) is 4.72 Å². The summed E-state index contributed by atoms with van der Waals surface area (Å²) in [5.41, 5.74) is 7.45. The number of hydrogen-bond acceptors (Lipinski definition) is 4. The molecule has 0 aliphatic rings. The van der Waals surface area contributed by atoms with Crippen LogP contribution < -0.4 is 10.5 Å². The molecule has 1 unspecified atom stereocenters. The van der Waals surface area contributed by atoms with Gasteiger partial charge in [0.1, 0.15) is 0 Å². The average molecular weight is 248 g/mol. The van der Waals surface area contributed by atoms with Crippen molar-refractivity contribution in [3.63, 3.8) is 0 Å². The second kappa shape index (κ2) is 5.07. The van der Waals surface area contributed by atoms with Crippen molar-refractivity contribution in [2.45, 2.75) is 25.6 Å². The molecule has 0 saturated heterocycles. The highest BCUT2D eigenvalue weighted by atomic mass is 32.2. The number of nitrogens with one attached hydrogen (secondary N) is 1. The van der Waals surface area contributed by atoms with Gasteiger partial charge in [0.25, 0.3) is 0 Å². The minimum Gasteiger partial charge on any atom is -0.329 e. The standard InChI is InChI=1S/C9H16N2O2S2/c1-7-5-14-6-9(7)4-11-15(12,13)8(2)3-10/h5-6,8,11H,3-4,10H2,1-2H3. The van der Waals surface area contributed by atoms with Crippen LogP contribution in [-0.4, -0.2) is 20.2 Å². The molecular weight excluding hydrogens is 232 g/mol. The first-order valence-electron chi connectivity index (χ1n) is 4.67. The molecule has 6 heteroatoms. The zero-order valence-electron chi connectivity index (χ0n) is 8.86. The van der Waals surface area contributed by atoms with Crippen LogP contribution in [-0.2, 0) is 16.6 Å². The van der Waals surface area contributed by atoms with Crippen LogP contribution in [0.1, 0.15) is 18.1 Å². The van der Waals surface area contributed by atoms with Crippen LogP contribution in [0.2, 0.25) is 0 Å². The highest BCUT2D eigenvalue weighted by molar-refractivity contribution is 7.90. The molecule has 1 atom stereocenters. The Kier molecular flexibility index (Phi) is 4.27. The van der Waals surface area contributed by atoms with Gasteiger partial charge in [-0.2, -0.15) is 11.3 Å². The van der Waals surface area contributed by atoms with Crippen LogP contribution in [0.3, 0.4) is 0 Å². The smallest absolute Gasteiger partial charge is 0.215 e. The predicted molar refractivity (Wildman–Crippen MR) is 63.3 cm³/mol. The van der Waals surface area contributed by atoms with Crippen LogP contribution >= 0.6 is 11.3 Å². The second-order valence-electron chi connectivity index (χ2n) is 3.49. The Morgan fingerprint density at radius 2 is 2.20 bits per heavy atom. The summed E-state index contributed by atoms with van der Waals surface area (Å²) < 4.78 is 25.7. The van der Waals surface area contributed by atoms with Crippen molar-refractivity contribution in [2.24, 2.45) is 5.73 Å². The highest BCUT2D eigenvalue weighted by Crippen LogP contribution is 2.13. The molecule has 86 valence electrons. The molecular formula is C9H16N2O2S2. The topological polar surface area (TPSA) is 72.2 Å². The van der Waals surface area contributed by atoms with Crippen LogP contribution in [0.4, 0.5) is 0 Å². The first-order chi connectivity index (χ1) is 6.97. The van der Waals surface area contributed by atoms with Crippen LogP contribution in [0, 0.1) is 6.92 Å². The molecule has 0 aliphatic heterocycles. The van der Waals surface area contributed by atoms with Crippen LogP contribution in [0.15, 0.2) is 10.8 Å². The lowest BCUT2D eigenvalue weighted by molar-refractivity contribution is 0.568. The van der Waals surface area contributed by atoms with E-state index in [1.54, 1.807) is 18.3 Å². The van der Waals surface area contributed by atoms with Crippen molar-refractivity contribution >= 4 is 21.4 Å². The van der Waals surface area contributed by atoms with Gasteiger partial charge in [0.05, 0.1) is 5.25 Å². The Labute approximate surface area is 94.5 Å². The predicted octanol–water partition coefficient (Wildman–Crippen LogP) is 0.823. The molecule has 1 rings (SSSR count). The van der Waals surface area contributed by atoms with E-state index >= 15 is 0 Å². The highest BCUT2D eigenvalue weighted by Gasteiger charge is 2.18. The number of rotatable bonds is 5. The van der Waals surface area contributed by atoms with E-state index in [1.807, 2.05) is 17.7 Å². The molecule has 15 heavy (non-hydrogen) atoms. The second-order valence-corrected chi connectivity index (χ2v) is 6.42. The summed E-state index contributed by atoms with van der Waals surface area (Å²) >= 11 is 1.57. The third-order valence-corrected chi connectivity index (χ3v) is 5.00. The third kappa shape index (κ3) is 3.27. The molecule has 0 fully saturated rings. The molecule has 1 heterocycles. The molecule has 0 spiro atoms. The molecule has 0 amide bonds. The normalized spacial score (nSPS) is 14.1. The van der Waals surface area contributed by atoms with Gasteiger partial charge in [-0.05, 0) is 35.7 Å². The Morgan fingerprint density at radius 3 is 2.67 bits per heavy atom. The van der Waals surface area contributed by atoms with Crippen molar-refractivity contribution < 1.29 is 8.42 Å². The lowest BCUT2D eigenvalue weighted by atomic mass is 10.2. The fourth-order valence-electron chi connectivity index (χ4n) is 1.02. The molecule has 4 nitrogen and oxygen atoms in total. The summed E-state index contributed by atoms with van der Waals surface area (Å²) in [5.74, 6) is 0. The van der Waals surface area contributed by atoms with Crippen LogP contribution in [0.5, 0.6) is 0 Å². The van der Waals surface area contributed by atoms with Crippen molar-refractivity contribution in [1.29, 1.82) is 0 Å². The van der Waals surface area contributed by atoms with Gasteiger partial charge in [0.2, 0.25) is 10.0 Å². The minimum absolute atomic E-state index is 0.137. The van der Waals surface area contributed by atoms with Gasteiger partial charge >= 0.3 is 0 Å². The molecule has 1 aromatic rings. The summed E-state index contributed by atoms with van der Waals surface area (Å²) in [5, 5.41) is 3.40. The summed E-state index contributed by atoms with van der Waals surface area (Å²) in [6, 6.07) is 0. The van der Waals surface area contributed by atoms with E-state index in [1.165, 1.54) is 0 Å². The average Bonchev–Trinajstić information content (AvgIpc) is 2.60. The maximum atomic E-state index is 11.6. The zero-order valence-corrected chi connectivity index (χ0v) is 10.5. The monoisotopic (exact) mass is 248 g/mol. The molecule has 0 radical (unpaired) electrons. The summed E-state index contributed by atoms with van der Waals surface area (Å²) in [7, 11) is -3.27. The van der Waals surface area contributed by atoms with E-state index in [0.29, 0.717) is 6.54 Å². The first-order valence-corrected chi connectivity index (χ1v) is 7.16. The van der Waals surface area contributed by atoms with Gasteiger partial charge in [-0.25, -0.2) is 13.1 Å². The molecule has 1 aromatic heterocycles.